The Balaban J connectivity index is 3.16. The smallest absolute Gasteiger partial charge is 0.305 e. The minimum absolute atomic E-state index is 0.137. The lowest BCUT2D eigenvalue weighted by Crippen LogP contribution is -2.15. The van der Waals surface area contributed by atoms with Crippen molar-refractivity contribution in [1.29, 1.82) is 0 Å². The summed E-state index contributed by atoms with van der Waals surface area (Å²) in [4.78, 5) is 23.6. The van der Waals surface area contributed by atoms with Crippen molar-refractivity contribution < 1.29 is 52.2 Å². The van der Waals surface area contributed by atoms with Gasteiger partial charge in [-0.15, -0.1) is 0 Å². The molecule has 0 rings (SSSR count). The number of esters is 2. The van der Waals surface area contributed by atoms with Crippen LogP contribution in [0.1, 0.15) is 142 Å². The second-order valence-corrected chi connectivity index (χ2v) is 12.9. The Morgan fingerprint density at radius 3 is 0.706 bits per heavy atom. The molecule has 0 bridgehead atoms. The maximum absolute atomic E-state index is 11.8. The molecule has 0 aliphatic carbocycles. The molecular formula is C40H78O11. The average molecular weight is 735 g/mol. The molecule has 0 aromatic rings. The van der Waals surface area contributed by atoms with E-state index in [1.54, 1.807) is 0 Å². The van der Waals surface area contributed by atoms with Gasteiger partial charge < -0.3 is 42.6 Å². The zero-order valence-corrected chi connectivity index (χ0v) is 32.9. The van der Waals surface area contributed by atoms with Crippen LogP contribution in [0.2, 0.25) is 0 Å². The van der Waals surface area contributed by atoms with E-state index >= 15 is 0 Å². The van der Waals surface area contributed by atoms with E-state index in [0.717, 1.165) is 25.7 Å². The number of unbranched alkanes of at least 4 members (excludes halogenated alkanes) is 16. The van der Waals surface area contributed by atoms with Crippen molar-refractivity contribution in [3.05, 3.63) is 0 Å². The second-order valence-electron chi connectivity index (χ2n) is 12.9. The third-order valence-electron chi connectivity index (χ3n) is 8.18. The molecule has 0 atom stereocenters. The summed E-state index contributed by atoms with van der Waals surface area (Å²) in [5.74, 6) is -0.274. The summed E-state index contributed by atoms with van der Waals surface area (Å²) in [5.41, 5.74) is 0. The fourth-order valence-electron chi connectivity index (χ4n) is 5.15. The number of ether oxygens (including phenoxy) is 9. The fourth-order valence-corrected chi connectivity index (χ4v) is 5.15. The summed E-state index contributed by atoms with van der Waals surface area (Å²) in [6, 6.07) is 0. The predicted octanol–water partition coefficient (Wildman–Crippen LogP) is 8.03. The molecule has 0 spiro atoms. The van der Waals surface area contributed by atoms with E-state index in [2.05, 4.69) is 13.8 Å². The Hall–Kier alpha value is -1.34. The summed E-state index contributed by atoms with van der Waals surface area (Å²) in [5, 5.41) is 0. The van der Waals surface area contributed by atoms with Crippen LogP contribution >= 0.6 is 0 Å². The molecule has 51 heavy (non-hydrogen) atoms. The number of hydrogen-bond acceptors (Lipinski definition) is 11. The van der Waals surface area contributed by atoms with Crippen molar-refractivity contribution in [1.82, 2.24) is 0 Å². The van der Waals surface area contributed by atoms with Crippen LogP contribution in [-0.4, -0.2) is 118 Å². The van der Waals surface area contributed by atoms with Crippen LogP contribution in [0.5, 0.6) is 0 Å². The van der Waals surface area contributed by atoms with Crippen molar-refractivity contribution in [2.45, 2.75) is 142 Å². The van der Waals surface area contributed by atoms with Crippen LogP contribution in [-0.2, 0) is 52.2 Å². The Labute approximate surface area is 311 Å². The predicted molar refractivity (Wildman–Crippen MR) is 201 cm³/mol. The molecule has 304 valence electrons. The Bertz CT molecular complexity index is 639. The topological polar surface area (TPSA) is 117 Å². The molecule has 0 aliphatic heterocycles. The van der Waals surface area contributed by atoms with Crippen LogP contribution in [0.4, 0.5) is 0 Å². The van der Waals surface area contributed by atoms with Gasteiger partial charge in [0.05, 0.1) is 92.5 Å². The Morgan fingerprint density at radius 1 is 0.275 bits per heavy atom. The van der Waals surface area contributed by atoms with Crippen molar-refractivity contribution in [3.8, 4) is 0 Å². The minimum Gasteiger partial charge on any atom is -0.463 e. The first kappa shape index (κ1) is 49.7. The molecule has 0 saturated carbocycles. The van der Waals surface area contributed by atoms with Crippen molar-refractivity contribution in [3.63, 3.8) is 0 Å². The van der Waals surface area contributed by atoms with Gasteiger partial charge in [-0.1, -0.05) is 117 Å². The van der Waals surface area contributed by atoms with Crippen LogP contribution in [0.15, 0.2) is 0 Å². The molecule has 11 nitrogen and oxygen atoms in total. The normalized spacial score (nSPS) is 11.3. The quantitative estimate of drug-likeness (QED) is 0.0447. The van der Waals surface area contributed by atoms with Gasteiger partial charge in [-0.25, -0.2) is 0 Å². The molecule has 0 N–H and O–H groups in total. The van der Waals surface area contributed by atoms with Gasteiger partial charge in [0.1, 0.15) is 13.2 Å². The molecule has 0 radical (unpaired) electrons. The standard InChI is InChI=1S/C40H78O11/c1-3-5-7-9-11-13-15-17-19-21-39(41)50-37-35-48-33-31-46-29-27-44-25-23-43-24-26-45-28-30-47-32-34-49-36-38-51-40(42)22-20-18-16-14-12-10-8-6-4-2/h3-38H2,1-2H3. The van der Waals surface area contributed by atoms with E-state index in [4.69, 9.17) is 42.6 Å². The Morgan fingerprint density at radius 2 is 0.471 bits per heavy atom. The highest BCUT2D eigenvalue weighted by Gasteiger charge is 2.04. The van der Waals surface area contributed by atoms with Gasteiger partial charge in [0.2, 0.25) is 0 Å². The molecule has 0 fully saturated rings. The van der Waals surface area contributed by atoms with Crippen LogP contribution in [0, 0.1) is 0 Å². The molecule has 0 amide bonds. The summed E-state index contributed by atoms with van der Waals surface area (Å²) in [6.45, 7) is 11.6. The first-order valence-electron chi connectivity index (χ1n) is 20.6. The molecule has 0 aliphatic rings. The van der Waals surface area contributed by atoms with Gasteiger partial charge in [0, 0.05) is 12.8 Å². The van der Waals surface area contributed by atoms with E-state index in [1.165, 1.54) is 89.9 Å². The monoisotopic (exact) mass is 735 g/mol. The zero-order chi connectivity index (χ0) is 37.0. The first-order chi connectivity index (χ1) is 25.2. The highest BCUT2D eigenvalue weighted by Crippen LogP contribution is 2.12. The number of carbonyl (C=O) groups excluding carboxylic acids is 2. The van der Waals surface area contributed by atoms with E-state index in [1.807, 2.05) is 0 Å². The van der Waals surface area contributed by atoms with Crippen LogP contribution in [0.3, 0.4) is 0 Å². The largest absolute Gasteiger partial charge is 0.463 e. The van der Waals surface area contributed by atoms with Gasteiger partial charge in [-0.05, 0) is 12.8 Å². The van der Waals surface area contributed by atoms with Gasteiger partial charge in [-0.2, -0.15) is 0 Å². The third kappa shape index (κ3) is 44.7. The number of carbonyl (C=O) groups is 2. The second kappa shape index (κ2) is 44.8. The molecular weight excluding hydrogens is 656 g/mol. The molecule has 0 saturated heterocycles. The lowest BCUT2D eigenvalue weighted by molar-refractivity contribution is -0.146. The van der Waals surface area contributed by atoms with E-state index in [-0.39, 0.29) is 25.2 Å². The van der Waals surface area contributed by atoms with Gasteiger partial charge in [0.15, 0.2) is 0 Å². The lowest BCUT2D eigenvalue weighted by Gasteiger charge is -2.09. The third-order valence-corrected chi connectivity index (χ3v) is 8.18. The van der Waals surface area contributed by atoms with Crippen LogP contribution in [0.25, 0.3) is 0 Å². The highest BCUT2D eigenvalue weighted by molar-refractivity contribution is 5.69. The first-order valence-corrected chi connectivity index (χ1v) is 20.6. The summed E-state index contributed by atoms with van der Waals surface area (Å²) in [7, 11) is 0. The lowest BCUT2D eigenvalue weighted by atomic mass is 10.1. The van der Waals surface area contributed by atoms with Crippen molar-refractivity contribution >= 4 is 11.9 Å². The molecule has 11 heteroatoms. The number of hydrogen-bond donors (Lipinski definition) is 0. The maximum Gasteiger partial charge on any atom is 0.305 e. The van der Waals surface area contributed by atoms with E-state index < -0.39 is 0 Å². The van der Waals surface area contributed by atoms with Crippen LogP contribution < -0.4 is 0 Å². The fraction of sp³-hybridized carbons (Fsp3) is 0.950. The van der Waals surface area contributed by atoms with Crippen molar-refractivity contribution in [2.24, 2.45) is 0 Å². The summed E-state index contributed by atoms with van der Waals surface area (Å²) >= 11 is 0. The van der Waals surface area contributed by atoms with Gasteiger partial charge in [0.25, 0.3) is 0 Å². The Kier molecular flexibility index (Phi) is 43.6. The van der Waals surface area contributed by atoms with E-state index in [9.17, 15) is 9.59 Å². The molecule has 0 aromatic heterocycles. The van der Waals surface area contributed by atoms with E-state index in [0.29, 0.717) is 105 Å². The van der Waals surface area contributed by atoms with Gasteiger partial charge >= 0.3 is 11.9 Å². The van der Waals surface area contributed by atoms with Gasteiger partial charge in [-0.3, -0.25) is 9.59 Å². The minimum atomic E-state index is -0.137. The summed E-state index contributed by atoms with van der Waals surface area (Å²) in [6.07, 6.45) is 23.2. The maximum atomic E-state index is 11.8. The molecule has 0 unspecified atom stereocenters. The number of rotatable bonds is 44. The van der Waals surface area contributed by atoms with Crippen molar-refractivity contribution in [2.75, 3.05) is 106 Å². The summed E-state index contributed by atoms with van der Waals surface area (Å²) < 4.78 is 48.8. The molecule has 0 aromatic carbocycles. The molecule has 0 heterocycles. The zero-order valence-electron chi connectivity index (χ0n) is 32.9. The highest BCUT2D eigenvalue weighted by atomic mass is 16.6. The SMILES string of the molecule is CCCCCCCCCCCC(=O)OCCOCCOCCOCCOCCOCCOCCOCCOC(=O)CCCCCCCCCCC. The average Bonchev–Trinajstić information content (AvgIpc) is 3.13.